The number of hydrogen-bond acceptors (Lipinski definition) is 1. The Morgan fingerprint density at radius 1 is 1.35 bits per heavy atom. The Morgan fingerprint density at radius 2 is 2.05 bits per heavy atom. The van der Waals surface area contributed by atoms with Gasteiger partial charge in [-0.15, -0.1) is 0 Å². The van der Waals surface area contributed by atoms with Gasteiger partial charge in [-0.25, -0.2) is 0 Å². The van der Waals surface area contributed by atoms with Crippen molar-refractivity contribution < 1.29 is 4.79 Å². The average molecular weight is 356 g/mol. The number of nitrogens with one attached hydrogen (secondary N) is 1. The third-order valence-electron chi connectivity index (χ3n) is 3.05. The maximum atomic E-state index is 12.4. The maximum Gasteiger partial charge on any atom is 0.272 e. The van der Waals surface area contributed by atoms with Gasteiger partial charge < -0.3 is 9.88 Å². The van der Waals surface area contributed by atoms with Crippen LogP contribution in [0.5, 0.6) is 0 Å². The lowest BCUT2D eigenvalue weighted by Gasteiger charge is -2.13. The topological polar surface area (TPSA) is 34.0 Å². The number of hydrogen-bond donors (Lipinski definition) is 1. The second kappa shape index (κ2) is 6.02. The molecule has 0 atom stereocenters. The molecule has 0 unspecified atom stereocenters. The largest absolute Gasteiger partial charge is 0.340 e. The van der Waals surface area contributed by atoms with Crippen molar-refractivity contribution in [2.75, 3.05) is 5.32 Å². The molecule has 0 bridgehead atoms. The monoisotopic (exact) mass is 354 g/mol. The molecule has 1 N–H and O–H groups in total. The van der Waals surface area contributed by atoms with Crippen LogP contribution in [-0.2, 0) is 0 Å². The zero-order valence-corrected chi connectivity index (χ0v) is 13.9. The highest BCUT2D eigenvalue weighted by atomic mass is 79.9. The van der Waals surface area contributed by atoms with Crippen LogP contribution in [-0.4, -0.2) is 10.5 Å². The highest BCUT2D eigenvalue weighted by Crippen LogP contribution is 2.23. The molecule has 0 saturated heterocycles. The van der Waals surface area contributed by atoms with Gasteiger partial charge in [-0.3, -0.25) is 4.79 Å². The van der Waals surface area contributed by atoms with Crippen LogP contribution in [0, 0.1) is 6.92 Å². The number of nitrogens with zero attached hydrogens (tertiary/aromatic N) is 1. The number of amides is 1. The zero-order chi connectivity index (χ0) is 14.9. The Morgan fingerprint density at radius 3 is 2.70 bits per heavy atom. The molecule has 2 rings (SSSR count). The summed E-state index contributed by atoms with van der Waals surface area (Å²) in [7, 11) is 0. The van der Waals surface area contributed by atoms with Crippen LogP contribution >= 0.6 is 27.5 Å². The summed E-state index contributed by atoms with van der Waals surface area (Å²) < 4.78 is 2.82. The van der Waals surface area contributed by atoms with Crippen LogP contribution in [0.25, 0.3) is 0 Å². The molecule has 2 aromatic rings. The molecule has 0 spiro atoms. The molecule has 0 aliphatic rings. The van der Waals surface area contributed by atoms with E-state index in [1.165, 1.54) is 0 Å². The first-order chi connectivity index (χ1) is 9.38. The normalized spacial score (nSPS) is 10.9. The van der Waals surface area contributed by atoms with Crippen LogP contribution in [0.4, 0.5) is 5.69 Å². The molecule has 0 aliphatic heterocycles. The van der Waals surface area contributed by atoms with Crippen LogP contribution < -0.4 is 5.32 Å². The van der Waals surface area contributed by atoms with Gasteiger partial charge in [0.05, 0.1) is 0 Å². The average Bonchev–Trinajstić information content (AvgIpc) is 2.76. The summed E-state index contributed by atoms with van der Waals surface area (Å²) >= 11 is 9.38. The van der Waals surface area contributed by atoms with Gasteiger partial charge in [-0.05, 0) is 60.5 Å². The van der Waals surface area contributed by atoms with E-state index in [9.17, 15) is 4.79 Å². The van der Waals surface area contributed by atoms with E-state index in [-0.39, 0.29) is 11.9 Å². The van der Waals surface area contributed by atoms with Gasteiger partial charge >= 0.3 is 0 Å². The smallest absolute Gasteiger partial charge is 0.272 e. The second-order valence-corrected chi connectivity index (χ2v) is 6.31. The molecule has 1 heterocycles. The second-order valence-electron chi connectivity index (χ2n) is 4.96. The number of aromatic nitrogens is 1. The predicted molar refractivity (Wildman–Crippen MR) is 86.7 cm³/mol. The van der Waals surface area contributed by atoms with E-state index < -0.39 is 0 Å². The minimum atomic E-state index is -0.144. The fraction of sp³-hybridized carbons (Fsp3) is 0.267. The Kier molecular flexibility index (Phi) is 4.55. The van der Waals surface area contributed by atoms with E-state index in [1.54, 1.807) is 12.1 Å². The standard InChI is InChI=1S/C15H16BrClN2O/c1-9(2)19-8-11(16)6-14(19)15(20)18-13-7-12(17)5-4-10(13)3/h4-9H,1-3H3,(H,18,20). The van der Waals surface area contributed by atoms with Crippen molar-refractivity contribution in [3.8, 4) is 0 Å². The third-order valence-corrected chi connectivity index (χ3v) is 3.72. The van der Waals surface area contributed by atoms with E-state index >= 15 is 0 Å². The van der Waals surface area contributed by atoms with E-state index in [4.69, 9.17) is 11.6 Å². The molecule has 5 heteroatoms. The van der Waals surface area contributed by atoms with Crippen molar-refractivity contribution in [1.29, 1.82) is 0 Å². The summed E-state index contributed by atoms with van der Waals surface area (Å²) in [6.45, 7) is 6.01. The number of aryl methyl sites for hydroxylation is 1. The van der Waals surface area contributed by atoms with Gasteiger partial charge in [-0.2, -0.15) is 0 Å². The molecular formula is C15H16BrClN2O. The van der Waals surface area contributed by atoms with Gasteiger partial charge in [-0.1, -0.05) is 17.7 Å². The van der Waals surface area contributed by atoms with E-state index in [0.29, 0.717) is 10.7 Å². The minimum absolute atomic E-state index is 0.144. The molecule has 1 amide bonds. The van der Waals surface area contributed by atoms with Gasteiger partial charge in [0.15, 0.2) is 0 Å². The Bertz CT molecular complexity index is 649. The molecule has 0 fully saturated rings. The van der Waals surface area contributed by atoms with Gasteiger partial charge in [0, 0.05) is 27.4 Å². The summed E-state index contributed by atoms with van der Waals surface area (Å²) in [5.74, 6) is -0.144. The number of benzene rings is 1. The fourth-order valence-electron chi connectivity index (χ4n) is 1.97. The Hall–Kier alpha value is -1.26. The molecule has 1 aromatic heterocycles. The summed E-state index contributed by atoms with van der Waals surface area (Å²) in [5, 5.41) is 3.51. The number of anilines is 1. The van der Waals surface area contributed by atoms with Gasteiger partial charge in [0.1, 0.15) is 5.69 Å². The molecule has 0 radical (unpaired) electrons. The lowest BCUT2D eigenvalue weighted by molar-refractivity contribution is 0.101. The van der Waals surface area contributed by atoms with Crippen LogP contribution in [0.15, 0.2) is 34.9 Å². The summed E-state index contributed by atoms with van der Waals surface area (Å²) in [4.78, 5) is 12.4. The predicted octanol–water partition coefficient (Wildman–Crippen LogP) is 5.05. The lowest BCUT2D eigenvalue weighted by Crippen LogP contribution is -2.18. The number of carbonyl (C=O) groups is 1. The fourth-order valence-corrected chi connectivity index (χ4v) is 2.58. The highest BCUT2D eigenvalue weighted by molar-refractivity contribution is 9.10. The molecule has 0 aliphatic carbocycles. The lowest BCUT2D eigenvalue weighted by atomic mass is 10.2. The van der Waals surface area contributed by atoms with Crippen molar-refractivity contribution in [3.05, 3.63) is 51.2 Å². The van der Waals surface area contributed by atoms with Crippen molar-refractivity contribution in [1.82, 2.24) is 4.57 Å². The quantitative estimate of drug-likeness (QED) is 0.821. The van der Waals surface area contributed by atoms with Crippen molar-refractivity contribution in [2.45, 2.75) is 26.8 Å². The van der Waals surface area contributed by atoms with E-state index in [2.05, 4.69) is 21.2 Å². The zero-order valence-electron chi connectivity index (χ0n) is 11.6. The number of halogens is 2. The first-order valence-electron chi connectivity index (χ1n) is 6.33. The highest BCUT2D eigenvalue weighted by Gasteiger charge is 2.15. The minimum Gasteiger partial charge on any atom is -0.340 e. The van der Waals surface area contributed by atoms with E-state index in [1.807, 2.05) is 43.7 Å². The molecule has 0 saturated carbocycles. The number of carbonyl (C=O) groups excluding carboxylic acids is 1. The Balaban J connectivity index is 2.31. The van der Waals surface area contributed by atoms with Crippen molar-refractivity contribution in [2.24, 2.45) is 0 Å². The summed E-state index contributed by atoms with van der Waals surface area (Å²) in [5.41, 5.74) is 2.32. The van der Waals surface area contributed by atoms with Crippen molar-refractivity contribution >= 4 is 39.1 Å². The van der Waals surface area contributed by atoms with Crippen LogP contribution in [0.1, 0.15) is 35.9 Å². The summed E-state index contributed by atoms with van der Waals surface area (Å²) in [6, 6.07) is 7.47. The van der Waals surface area contributed by atoms with E-state index in [0.717, 1.165) is 15.7 Å². The van der Waals surface area contributed by atoms with Crippen LogP contribution in [0.2, 0.25) is 5.02 Å². The first kappa shape index (κ1) is 15.1. The molecule has 1 aromatic carbocycles. The molecule has 3 nitrogen and oxygen atoms in total. The number of rotatable bonds is 3. The SMILES string of the molecule is Cc1ccc(Cl)cc1NC(=O)c1cc(Br)cn1C(C)C. The molecular weight excluding hydrogens is 340 g/mol. The van der Waals surface area contributed by atoms with Gasteiger partial charge in [0.25, 0.3) is 5.91 Å². The first-order valence-corrected chi connectivity index (χ1v) is 7.50. The molecule has 20 heavy (non-hydrogen) atoms. The van der Waals surface area contributed by atoms with Crippen molar-refractivity contribution in [3.63, 3.8) is 0 Å². The Labute approximate surface area is 132 Å². The summed E-state index contributed by atoms with van der Waals surface area (Å²) in [6.07, 6.45) is 1.91. The molecule has 106 valence electrons. The van der Waals surface area contributed by atoms with Gasteiger partial charge in [0.2, 0.25) is 0 Å². The maximum absolute atomic E-state index is 12.4. The van der Waals surface area contributed by atoms with Crippen LogP contribution in [0.3, 0.4) is 0 Å². The third kappa shape index (κ3) is 3.25.